The monoisotopic (exact) mass is 583 g/mol. The Morgan fingerprint density at radius 2 is 1.65 bits per heavy atom. The van der Waals surface area contributed by atoms with Crippen LogP contribution in [0, 0.1) is 31.5 Å². The number of amides is 3. The molecule has 0 spiro atoms. The maximum absolute atomic E-state index is 14.5. The molecule has 1 unspecified atom stereocenters. The molecule has 8 heteroatoms. The summed E-state index contributed by atoms with van der Waals surface area (Å²) in [4.78, 5) is 42.4. The number of nitrogens with one attached hydrogen (secondary N) is 1. The Morgan fingerprint density at radius 1 is 0.953 bits per heavy atom. The van der Waals surface area contributed by atoms with Gasteiger partial charge in [-0.05, 0) is 98.4 Å². The van der Waals surface area contributed by atoms with Gasteiger partial charge in [0, 0.05) is 43.0 Å². The minimum atomic E-state index is -0.494. The average molecular weight is 584 g/mol. The van der Waals surface area contributed by atoms with Crippen molar-refractivity contribution in [1.29, 1.82) is 0 Å². The second-order valence-electron chi connectivity index (χ2n) is 12.2. The van der Waals surface area contributed by atoms with Gasteiger partial charge in [-0.25, -0.2) is 4.39 Å². The van der Waals surface area contributed by atoms with E-state index in [0.29, 0.717) is 49.3 Å². The number of ether oxygens (including phenoxy) is 1. The van der Waals surface area contributed by atoms with E-state index in [9.17, 15) is 18.8 Å². The van der Waals surface area contributed by atoms with Gasteiger partial charge in [0.2, 0.25) is 11.8 Å². The number of para-hydroxylation sites is 1. The predicted molar refractivity (Wildman–Crippen MR) is 164 cm³/mol. The molecule has 1 atom stereocenters. The molecule has 6 rings (SSSR count). The van der Waals surface area contributed by atoms with E-state index in [1.165, 1.54) is 6.07 Å². The largest absolute Gasteiger partial charge is 0.490 e. The van der Waals surface area contributed by atoms with Crippen LogP contribution in [0.3, 0.4) is 0 Å². The van der Waals surface area contributed by atoms with Crippen molar-refractivity contribution in [3.05, 3.63) is 88.7 Å². The van der Waals surface area contributed by atoms with Gasteiger partial charge in [-0.2, -0.15) is 0 Å². The van der Waals surface area contributed by atoms with Gasteiger partial charge < -0.3 is 19.9 Å². The van der Waals surface area contributed by atoms with Crippen LogP contribution >= 0.6 is 0 Å². The molecule has 7 nitrogen and oxygen atoms in total. The Kier molecular flexibility index (Phi) is 8.19. The molecule has 3 amide bonds. The molecule has 3 aromatic carbocycles. The molecule has 3 fully saturated rings. The smallest absolute Gasteiger partial charge is 0.253 e. The second kappa shape index (κ2) is 12.2. The highest BCUT2D eigenvalue weighted by atomic mass is 19.1. The maximum Gasteiger partial charge on any atom is 0.253 e. The number of rotatable bonds is 8. The highest BCUT2D eigenvalue weighted by molar-refractivity contribution is 6.04. The fraction of sp³-hybridized carbons (Fsp3) is 0.400. The van der Waals surface area contributed by atoms with E-state index in [1.807, 2.05) is 56.3 Å². The van der Waals surface area contributed by atoms with Gasteiger partial charge in [0.05, 0.1) is 12.5 Å². The Labute approximate surface area is 252 Å². The summed E-state index contributed by atoms with van der Waals surface area (Å²) in [5, 5.41) is 2.99. The van der Waals surface area contributed by atoms with Crippen LogP contribution in [0.4, 0.5) is 15.8 Å². The van der Waals surface area contributed by atoms with Crippen LogP contribution in [0.5, 0.6) is 5.75 Å². The van der Waals surface area contributed by atoms with Crippen LogP contribution in [-0.2, 0) is 9.59 Å². The molecule has 0 radical (unpaired) electrons. The van der Waals surface area contributed by atoms with Gasteiger partial charge in [-0.1, -0.05) is 30.3 Å². The molecule has 2 saturated heterocycles. The summed E-state index contributed by atoms with van der Waals surface area (Å²) in [6, 6.07) is 18.3. The minimum absolute atomic E-state index is 0.0299. The summed E-state index contributed by atoms with van der Waals surface area (Å²) in [5.74, 6) is -0.217. The Morgan fingerprint density at radius 3 is 2.30 bits per heavy atom. The number of hydrogen-bond donors (Lipinski definition) is 1. The number of halogens is 1. The first-order valence-electron chi connectivity index (χ1n) is 15.3. The van der Waals surface area contributed by atoms with E-state index in [-0.39, 0.29) is 29.9 Å². The molecule has 2 heterocycles. The molecule has 1 saturated carbocycles. The van der Waals surface area contributed by atoms with Crippen LogP contribution in [0.15, 0.2) is 60.7 Å². The zero-order valence-corrected chi connectivity index (χ0v) is 24.8. The second-order valence-corrected chi connectivity index (χ2v) is 12.2. The lowest BCUT2D eigenvalue weighted by atomic mass is 9.89. The lowest BCUT2D eigenvalue weighted by Gasteiger charge is -2.32. The van der Waals surface area contributed by atoms with Crippen molar-refractivity contribution in [1.82, 2.24) is 4.90 Å². The maximum atomic E-state index is 14.5. The molecule has 0 bridgehead atoms. The SMILES string of the molecule is Cc1cccc(C)c1N1CC(C(=O)Nc2ccc(C3CCN(C(=O)c4ccc(OCC5CC5)c(F)c4)CC3)cc2)CC1=O. The molecule has 224 valence electrons. The van der Waals surface area contributed by atoms with Crippen molar-refractivity contribution < 1.29 is 23.5 Å². The first kappa shape index (κ1) is 28.9. The first-order chi connectivity index (χ1) is 20.8. The van der Waals surface area contributed by atoms with Gasteiger partial charge >= 0.3 is 0 Å². The molecule has 3 aliphatic rings. The number of carbonyl (C=O) groups excluding carboxylic acids is 3. The zero-order valence-electron chi connectivity index (χ0n) is 24.8. The van der Waals surface area contributed by atoms with Crippen molar-refractivity contribution in [2.24, 2.45) is 11.8 Å². The van der Waals surface area contributed by atoms with Crippen LogP contribution in [0.2, 0.25) is 0 Å². The molecular weight excluding hydrogens is 545 g/mol. The first-order valence-corrected chi connectivity index (χ1v) is 15.3. The van der Waals surface area contributed by atoms with E-state index >= 15 is 0 Å². The molecule has 1 aliphatic carbocycles. The molecule has 2 aliphatic heterocycles. The van der Waals surface area contributed by atoms with Crippen molar-refractivity contribution in [3.8, 4) is 5.75 Å². The van der Waals surface area contributed by atoms with Gasteiger partial charge in [-0.15, -0.1) is 0 Å². The summed E-state index contributed by atoms with van der Waals surface area (Å²) < 4.78 is 20.1. The summed E-state index contributed by atoms with van der Waals surface area (Å²) in [5.41, 5.74) is 5.15. The number of anilines is 2. The zero-order chi connectivity index (χ0) is 30.1. The number of piperidine rings is 1. The third-order valence-corrected chi connectivity index (χ3v) is 8.99. The minimum Gasteiger partial charge on any atom is -0.490 e. The Hall–Kier alpha value is -4.20. The lowest BCUT2D eigenvalue weighted by Crippen LogP contribution is -2.38. The molecule has 0 aromatic heterocycles. The summed E-state index contributed by atoms with van der Waals surface area (Å²) in [7, 11) is 0. The topological polar surface area (TPSA) is 79.0 Å². The summed E-state index contributed by atoms with van der Waals surface area (Å²) >= 11 is 0. The molecule has 43 heavy (non-hydrogen) atoms. The van der Waals surface area contributed by atoms with Crippen molar-refractivity contribution in [2.45, 2.75) is 51.9 Å². The van der Waals surface area contributed by atoms with E-state index in [4.69, 9.17) is 4.74 Å². The summed E-state index contributed by atoms with van der Waals surface area (Å²) in [6.07, 6.45) is 4.07. The molecule has 3 aromatic rings. The predicted octanol–water partition coefficient (Wildman–Crippen LogP) is 6.24. The third-order valence-electron chi connectivity index (χ3n) is 8.99. The fourth-order valence-corrected chi connectivity index (χ4v) is 6.26. The van der Waals surface area contributed by atoms with E-state index < -0.39 is 11.7 Å². The van der Waals surface area contributed by atoms with Crippen molar-refractivity contribution in [2.75, 3.05) is 36.5 Å². The number of hydrogen-bond acceptors (Lipinski definition) is 4. The number of likely N-dealkylation sites (tertiary alicyclic amines) is 1. The average Bonchev–Trinajstić information content (AvgIpc) is 3.76. The number of nitrogens with zero attached hydrogens (tertiary/aromatic N) is 2. The molecular formula is C35H38FN3O4. The van der Waals surface area contributed by atoms with E-state index in [2.05, 4.69) is 5.32 Å². The molecule has 1 N–H and O–H groups in total. The lowest BCUT2D eigenvalue weighted by molar-refractivity contribution is -0.122. The Balaban J connectivity index is 1.00. The standard InChI is InChI=1S/C35H38FN3O4/c1-22-4-3-5-23(2)33(22)39-20-28(19-32(39)40)34(41)37-29-11-8-25(9-12-29)26-14-16-38(17-15-26)35(42)27-10-13-31(30(36)18-27)43-21-24-6-7-24/h3-5,8-13,18,24,26,28H,6-7,14-17,19-21H2,1-2H3,(H,37,41). The van der Waals surface area contributed by atoms with E-state index in [0.717, 1.165) is 48.1 Å². The van der Waals surface area contributed by atoms with Crippen LogP contribution in [-0.4, -0.2) is 48.9 Å². The number of carbonyl (C=O) groups is 3. The van der Waals surface area contributed by atoms with Gasteiger partial charge in [0.15, 0.2) is 11.6 Å². The van der Waals surface area contributed by atoms with Crippen molar-refractivity contribution in [3.63, 3.8) is 0 Å². The number of aryl methyl sites for hydroxylation is 2. The number of benzene rings is 3. The Bertz CT molecular complexity index is 1510. The quantitative estimate of drug-likeness (QED) is 0.340. The highest BCUT2D eigenvalue weighted by Crippen LogP contribution is 2.33. The third kappa shape index (κ3) is 6.43. The van der Waals surface area contributed by atoms with E-state index in [1.54, 1.807) is 21.9 Å². The van der Waals surface area contributed by atoms with Crippen LogP contribution in [0.25, 0.3) is 0 Å². The summed E-state index contributed by atoms with van der Waals surface area (Å²) in [6.45, 7) is 6.05. The highest BCUT2D eigenvalue weighted by Gasteiger charge is 2.36. The van der Waals surface area contributed by atoms with Crippen LogP contribution in [0.1, 0.15) is 65.1 Å². The van der Waals surface area contributed by atoms with Crippen molar-refractivity contribution >= 4 is 29.1 Å². The normalized spacial score (nSPS) is 19.0. The van der Waals surface area contributed by atoms with Gasteiger partial charge in [0.25, 0.3) is 5.91 Å². The van der Waals surface area contributed by atoms with Gasteiger partial charge in [0.1, 0.15) is 0 Å². The van der Waals surface area contributed by atoms with Crippen LogP contribution < -0.4 is 15.0 Å². The van der Waals surface area contributed by atoms with Gasteiger partial charge in [-0.3, -0.25) is 14.4 Å². The fourth-order valence-electron chi connectivity index (χ4n) is 6.26.